The molecule has 1 radical (unpaired) electrons. The number of nitrogens with zero attached hydrogens (tertiary/aromatic N) is 4. The van der Waals surface area contributed by atoms with Gasteiger partial charge < -0.3 is 17.0 Å². The molecule has 0 aliphatic rings. The second-order valence-corrected chi connectivity index (χ2v) is 3.41. The molecule has 1 unspecified atom stereocenters. The normalized spacial score (nSPS) is 10.7. The molecular formula is C11H20N4OY-2. The Morgan fingerprint density at radius 3 is 2.41 bits per heavy atom. The molecule has 0 saturated heterocycles. The molecule has 0 fully saturated rings. The van der Waals surface area contributed by atoms with Crippen LogP contribution >= 0.6 is 0 Å². The number of aromatic nitrogens is 3. The minimum absolute atomic E-state index is 0. The zero-order valence-corrected chi connectivity index (χ0v) is 14.1. The van der Waals surface area contributed by atoms with E-state index in [4.69, 9.17) is 0 Å². The first-order chi connectivity index (χ1) is 7.56. The number of amides is 1. The first-order valence-electron chi connectivity index (χ1n) is 5.25. The Bertz CT molecular complexity index is 338. The quantitative estimate of drug-likeness (QED) is 0.802. The van der Waals surface area contributed by atoms with Gasteiger partial charge in [-0.2, -0.15) is 6.92 Å². The van der Waals surface area contributed by atoms with E-state index in [0.717, 1.165) is 11.4 Å². The predicted octanol–water partition coefficient (Wildman–Crippen LogP) is 1.99. The third-order valence-corrected chi connectivity index (χ3v) is 2.34. The third kappa shape index (κ3) is 5.73. The number of hydrogen-bond acceptors (Lipinski definition) is 3. The van der Waals surface area contributed by atoms with Crippen LogP contribution in [0.25, 0.3) is 5.32 Å². The van der Waals surface area contributed by atoms with E-state index in [2.05, 4.69) is 22.6 Å². The van der Waals surface area contributed by atoms with E-state index in [1.165, 1.54) is 7.05 Å². The summed E-state index contributed by atoms with van der Waals surface area (Å²) in [6.07, 6.45) is 0.399. The minimum Gasteiger partial charge on any atom is -0.656 e. The van der Waals surface area contributed by atoms with E-state index in [1.807, 2.05) is 20.9 Å². The minimum atomic E-state index is -0.0949. The van der Waals surface area contributed by atoms with Gasteiger partial charge in [0.05, 0.1) is 17.3 Å². The zero-order chi connectivity index (χ0) is 12.7. The van der Waals surface area contributed by atoms with Crippen molar-refractivity contribution in [3.63, 3.8) is 0 Å². The molecule has 17 heavy (non-hydrogen) atoms. The molecule has 0 aliphatic heterocycles. The fourth-order valence-electron chi connectivity index (χ4n) is 1.33. The van der Waals surface area contributed by atoms with Crippen molar-refractivity contribution in [3.8, 4) is 0 Å². The van der Waals surface area contributed by atoms with Crippen molar-refractivity contribution in [3.05, 3.63) is 23.6 Å². The molecule has 1 aromatic rings. The van der Waals surface area contributed by atoms with E-state index >= 15 is 0 Å². The van der Waals surface area contributed by atoms with Crippen LogP contribution in [0.1, 0.15) is 37.6 Å². The van der Waals surface area contributed by atoms with E-state index in [9.17, 15) is 4.79 Å². The topological polar surface area (TPSA) is 61.9 Å². The van der Waals surface area contributed by atoms with Crippen molar-refractivity contribution in [2.75, 3.05) is 7.05 Å². The third-order valence-electron chi connectivity index (χ3n) is 2.34. The van der Waals surface area contributed by atoms with Gasteiger partial charge >= 0.3 is 0 Å². The van der Waals surface area contributed by atoms with Crippen molar-refractivity contribution in [2.24, 2.45) is 7.05 Å². The van der Waals surface area contributed by atoms with Gasteiger partial charge in [-0.05, 0) is 13.3 Å². The van der Waals surface area contributed by atoms with Crippen LogP contribution < -0.4 is 0 Å². The molecule has 1 atom stereocenters. The van der Waals surface area contributed by atoms with Gasteiger partial charge in [-0.1, -0.05) is 12.1 Å². The van der Waals surface area contributed by atoms with E-state index < -0.39 is 0 Å². The van der Waals surface area contributed by atoms with Crippen LogP contribution in [0.15, 0.2) is 0 Å². The van der Waals surface area contributed by atoms with Crippen LogP contribution in [-0.4, -0.2) is 27.9 Å². The Hall–Kier alpha value is -0.286. The van der Waals surface area contributed by atoms with Gasteiger partial charge in [0, 0.05) is 45.7 Å². The average Bonchev–Trinajstić information content (AvgIpc) is 2.62. The molecule has 0 bridgehead atoms. The van der Waals surface area contributed by atoms with E-state index in [0.29, 0.717) is 6.42 Å². The molecule has 1 heterocycles. The van der Waals surface area contributed by atoms with Crippen LogP contribution in [0.3, 0.4) is 0 Å². The van der Waals surface area contributed by atoms with E-state index in [-0.39, 0.29) is 44.5 Å². The molecule has 0 aliphatic carbocycles. The van der Waals surface area contributed by atoms with Gasteiger partial charge in [0.1, 0.15) is 0 Å². The average molecular weight is 313 g/mol. The second kappa shape index (κ2) is 9.71. The summed E-state index contributed by atoms with van der Waals surface area (Å²) in [5, 5.41) is 11.5. The maximum absolute atomic E-state index is 11.1. The number of rotatable bonds is 3. The van der Waals surface area contributed by atoms with Gasteiger partial charge in [-0.3, -0.25) is 4.68 Å². The summed E-state index contributed by atoms with van der Waals surface area (Å²) in [5.74, 6) is -0.0116. The maximum Gasteiger partial charge on any atom is 0.0888 e. The van der Waals surface area contributed by atoms with Gasteiger partial charge in [0.15, 0.2) is 0 Å². The molecule has 1 rings (SSSR count). The monoisotopic (exact) mass is 313 g/mol. The van der Waals surface area contributed by atoms with Crippen molar-refractivity contribution in [1.29, 1.82) is 0 Å². The zero-order valence-electron chi connectivity index (χ0n) is 11.3. The number of carbonyl (C=O) groups excluding carboxylic acids is 1. The van der Waals surface area contributed by atoms with Gasteiger partial charge in [-0.15, -0.1) is 12.1 Å². The van der Waals surface area contributed by atoms with Crippen molar-refractivity contribution < 1.29 is 37.5 Å². The van der Waals surface area contributed by atoms with Crippen molar-refractivity contribution in [1.82, 2.24) is 15.0 Å². The Kier molecular flexibility index (Phi) is 10.9. The summed E-state index contributed by atoms with van der Waals surface area (Å²) in [4.78, 5) is 11.1. The molecule has 0 saturated carbocycles. The Morgan fingerprint density at radius 1 is 1.53 bits per heavy atom. The molecule has 95 valence electrons. The molecule has 1 amide bonds. The Labute approximate surface area is 129 Å². The number of carbonyl (C=O) groups is 1. The molecule has 6 heteroatoms. The van der Waals surface area contributed by atoms with E-state index in [1.54, 1.807) is 11.6 Å². The number of aryl methyl sites for hydroxylation is 1. The molecule has 1 aromatic heterocycles. The summed E-state index contributed by atoms with van der Waals surface area (Å²) in [5.41, 5.74) is 1.88. The summed E-state index contributed by atoms with van der Waals surface area (Å²) in [6.45, 7) is 8.90. The van der Waals surface area contributed by atoms with Gasteiger partial charge in [-0.25, -0.2) is 0 Å². The van der Waals surface area contributed by atoms with Crippen LogP contribution in [-0.2, 0) is 44.6 Å². The first kappa shape index (κ1) is 19.1. The van der Waals surface area contributed by atoms with Crippen LogP contribution in [0.2, 0.25) is 0 Å². The fraction of sp³-hybridized carbons (Fsp3) is 0.636. The molecule has 0 aromatic carbocycles. The molecular weight excluding hydrogens is 293 g/mol. The Balaban J connectivity index is 0. The summed E-state index contributed by atoms with van der Waals surface area (Å²) in [6, 6.07) is 0. The van der Waals surface area contributed by atoms with Crippen LogP contribution in [0.5, 0.6) is 0 Å². The van der Waals surface area contributed by atoms with Crippen molar-refractivity contribution in [2.45, 2.75) is 33.1 Å². The second-order valence-electron chi connectivity index (χ2n) is 3.41. The molecule has 5 nitrogen and oxygen atoms in total. The van der Waals surface area contributed by atoms with Gasteiger partial charge in [0.2, 0.25) is 0 Å². The standard InChI is InChI=1S/C9H16N4O.C2H5.Y/c1-6(5-8(14)10-3)9-7(2)13(4)12-11-9;1-2;/h6H,5H2,1-4H3,(H,10,14);1H2,2H3;/q;-1;/p-1. The first-order valence-corrected chi connectivity index (χ1v) is 5.25. The SMILES string of the molecule is C[N-]C(=O)CC(C)c1nnn(C)c1C.[CH2-]C.[Y]. The maximum atomic E-state index is 11.1. The molecule has 0 spiro atoms. The molecule has 0 N–H and O–H groups in total. The summed E-state index contributed by atoms with van der Waals surface area (Å²) >= 11 is 0. The smallest absolute Gasteiger partial charge is 0.0888 e. The summed E-state index contributed by atoms with van der Waals surface area (Å²) < 4.78 is 1.71. The number of hydrogen-bond donors (Lipinski definition) is 0. The van der Waals surface area contributed by atoms with Crippen LogP contribution in [0, 0.1) is 13.8 Å². The Morgan fingerprint density at radius 2 is 2.06 bits per heavy atom. The van der Waals surface area contributed by atoms with Crippen molar-refractivity contribution >= 4 is 5.91 Å². The fourth-order valence-corrected chi connectivity index (χ4v) is 1.33. The predicted molar refractivity (Wildman–Crippen MR) is 64.1 cm³/mol. The summed E-state index contributed by atoms with van der Waals surface area (Å²) in [7, 11) is 3.35. The largest absolute Gasteiger partial charge is 0.656 e. The van der Waals surface area contributed by atoms with Gasteiger partial charge in [0.25, 0.3) is 0 Å². The van der Waals surface area contributed by atoms with Crippen LogP contribution in [0.4, 0.5) is 0 Å².